The van der Waals surface area contributed by atoms with Gasteiger partial charge in [-0.05, 0) is 54.3 Å². The highest BCUT2D eigenvalue weighted by molar-refractivity contribution is 6.30. The van der Waals surface area contributed by atoms with Crippen molar-refractivity contribution in [3.05, 3.63) is 100 Å². The van der Waals surface area contributed by atoms with Gasteiger partial charge in [-0.25, -0.2) is 0 Å². The Bertz CT molecular complexity index is 931. The lowest BCUT2D eigenvalue weighted by atomic mass is 10.1. The molecule has 0 radical (unpaired) electrons. The van der Waals surface area contributed by atoms with E-state index in [1.54, 1.807) is 24.3 Å². The van der Waals surface area contributed by atoms with E-state index in [0.717, 1.165) is 16.7 Å². The van der Waals surface area contributed by atoms with E-state index in [1.165, 1.54) is 5.56 Å². The number of hydrogen-bond acceptors (Lipinski definition) is 4. The van der Waals surface area contributed by atoms with Gasteiger partial charge in [0.15, 0.2) is 6.61 Å². The topological polar surface area (TPSA) is 64.6 Å². The zero-order valence-electron chi connectivity index (χ0n) is 18.0. The molecule has 0 bridgehead atoms. The van der Waals surface area contributed by atoms with Crippen molar-refractivity contribution in [2.24, 2.45) is 0 Å². The molecular formula is C26H26ClNO4. The summed E-state index contributed by atoms with van der Waals surface area (Å²) in [5.41, 5.74) is 4.16. The monoisotopic (exact) mass is 451 g/mol. The molecule has 3 aromatic carbocycles. The lowest BCUT2D eigenvalue weighted by Gasteiger charge is -2.09. The Morgan fingerprint density at radius 1 is 0.844 bits per heavy atom. The van der Waals surface area contributed by atoms with Gasteiger partial charge in [0.1, 0.15) is 12.4 Å². The summed E-state index contributed by atoms with van der Waals surface area (Å²) in [6.07, 6.45) is 0.929. The largest absolute Gasteiger partial charge is 0.484 e. The van der Waals surface area contributed by atoms with Crippen LogP contribution in [0.15, 0.2) is 72.8 Å². The van der Waals surface area contributed by atoms with E-state index in [9.17, 15) is 9.59 Å². The van der Waals surface area contributed by atoms with Gasteiger partial charge in [-0.2, -0.15) is 0 Å². The van der Waals surface area contributed by atoms with Gasteiger partial charge in [-0.15, -0.1) is 0 Å². The molecule has 0 heterocycles. The van der Waals surface area contributed by atoms with Gasteiger partial charge in [0, 0.05) is 18.0 Å². The number of nitrogens with one attached hydrogen (secondary N) is 1. The number of halogens is 1. The van der Waals surface area contributed by atoms with Gasteiger partial charge in [-0.1, -0.05) is 65.7 Å². The van der Waals surface area contributed by atoms with Crippen LogP contribution in [0.25, 0.3) is 0 Å². The van der Waals surface area contributed by atoms with E-state index in [0.29, 0.717) is 36.8 Å². The van der Waals surface area contributed by atoms with Gasteiger partial charge in [-0.3, -0.25) is 9.59 Å². The average Bonchev–Trinajstić information content (AvgIpc) is 2.81. The smallest absolute Gasteiger partial charge is 0.306 e. The summed E-state index contributed by atoms with van der Waals surface area (Å²) in [4.78, 5) is 24.0. The Labute approximate surface area is 193 Å². The highest BCUT2D eigenvalue weighted by Gasteiger charge is 2.06. The van der Waals surface area contributed by atoms with Crippen molar-refractivity contribution < 1.29 is 19.1 Å². The highest BCUT2D eigenvalue weighted by Crippen LogP contribution is 2.15. The van der Waals surface area contributed by atoms with Crippen LogP contribution in [0.2, 0.25) is 5.02 Å². The predicted octanol–water partition coefficient (Wildman–Crippen LogP) is 5.02. The van der Waals surface area contributed by atoms with E-state index < -0.39 is 0 Å². The lowest BCUT2D eigenvalue weighted by molar-refractivity contribution is -0.144. The third-order valence-corrected chi connectivity index (χ3v) is 5.09. The van der Waals surface area contributed by atoms with Crippen LogP contribution in [0.3, 0.4) is 0 Å². The number of benzene rings is 3. The summed E-state index contributed by atoms with van der Waals surface area (Å²) in [5, 5.41) is 3.44. The fraction of sp³-hybridized carbons (Fsp3) is 0.231. The second-order valence-electron chi connectivity index (χ2n) is 7.48. The van der Waals surface area contributed by atoms with Gasteiger partial charge in [0.05, 0.1) is 0 Å². The van der Waals surface area contributed by atoms with Crippen molar-refractivity contribution in [2.45, 2.75) is 32.9 Å². The fourth-order valence-corrected chi connectivity index (χ4v) is 3.05. The first-order valence-corrected chi connectivity index (χ1v) is 10.8. The third-order valence-electron chi connectivity index (χ3n) is 4.83. The van der Waals surface area contributed by atoms with E-state index >= 15 is 0 Å². The number of carbonyl (C=O) groups is 2. The quantitative estimate of drug-likeness (QED) is 0.439. The fourth-order valence-electron chi connectivity index (χ4n) is 2.92. The van der Waals surface area contributed by atoms with E-state index in [-0.39, 0.29) is 18.5 Å². The Balaban J connectivity index is 1.34. The van der Waals surface area contributed by atoms with Gasteiger partial charge in [0.25, 0.3) is 5.91 Å². The molecule has 0 atom stereocenters. The van der Waals surface area contributed by atoms with Gasteiger partial charge < -0.3 is 14.8 Å². The van der Waals surface area contributed by atoms with Crippen LogP contribution >= 0.6 is 11.6 Å². The molecule has 3 aromatic rings. The normalized spacial score (nSPS) is 10.4. The summed E-state index contributed by atoms with van der Waals surface area (Å²) in [5.74, 6) is 0.161. The third kappa shape index (κ3) is 8.08. The maximum atomic E-state index is 12.0. The first-order chi connectivity index (χ1) is 15.5. The zero-order valence-corrected chi connectivity index (χ0v) is 18.7. The molecule has 0 saturated carbocycles. The first kappa shape index (κ1) is 23.4. The SMILES string of the molecule is Cc1ccc(COC(=O)CCc2ccc(CNC(=O)COc3ccc(Cl)cc3)cc2)cc1. The molecule has 6 heteroatoms. The van der Waals surface area contributed by atoms with Crippen molar-refractivity contribution in [1.82, 2.24) is 5.32 Å². The van der Waals surface area contributed by atoms with Crippen molar-refractivity contribution >= 4 is 23.5 Å². The van der Waals surface area contributed by atoms with Crippen molar-refractivity contribution in [3.63, 3.8) is 0 Å². The van der Waals surface area contributed by atoms with E-state index in [4.69, 9.17) is 21.1 Å². The maximum Gasteiger partial charge on any atom is 0.306 e. The van der Waals surface area contributed by atoms with Crippen molar-refractivity contribution in [3.8, 4) is 5.75 Å². The summed E-state index contributed by atoms with van der Waals surface area (Å²) in [7, 11) is 0. The molecule has 5 nitrogen and oxygen atoms in total. The number of esters is 1. The summed E-state index contributed by atoms with van der Waals surface area (Å²) in [6, 6.07) is 22.6. The van der Waals surface area contributed by atoms with Crippen LogP contribution in [0.5, 0.6) is 5.75 Å². The molecule has 0 aliphatic heterocycles. The Hall–Kier alpha value is -3.31. The van der Waals surface area contributed by atoms with Crippen LogP contribution in [-0.2, 0) is 33.9 Å². The van der Waals surface area contributed by atoms with Crippen LogP contribution in [-0.4, -0.2) is 18.5 Å². The second-order valence-corrected chi connectivity index (χ2v) is 7.92. The minimum atomic E-state index is -0.220. The zero-order chi connectivity index (χ0) is 22.8. The summed E-state index contributed by atoms with van der Waals surface area (Å²) < 4.78 is 10.8. The predicted molar refractivity (Wildman–Crippen MR) is 125 cm³/mol. The van der Waals surface area contributed by atoms with Crippen LogP contribution in [0, 0.1) is 6.92 Å². The molecule has 1 amide bonds. The molecule has 166 valence electrons. The van der Waals surface area contributed by atoms with E-state index in [1.807, 2.05) is 55.5 Å². The second kappa shape index (κ2) is 11.9. The standard InChI is InChI=1S/C26H26ClNO4/c1-19-2-4-22(5-3-19)17-32-26(30)15-10-20-6-8-21(9-7-20)16-28-25(29)18-31-24-13-11-23(27)12-14-24/h2-9,11-14H,10,15-18H2,1H3,(H,28,29). The Morgan fingerprint density at radius 2 is 1.47 bits per heavy atom. The van der Waals surface area contributed by atoms with Crippen LogP contribution in [0.1, 0.15) is 28.7 Å². The maximum absolute atomic E-state index is 12.0. The lowest BCUT2D eigenvalue weighted by Crippen LogP contribution is -2.28. The van der Waals surface area contributed by atoms with E-state index in [2.05, 4.69) is 5.32 Å². The molecule has 1 N–H and O–H groups in total. The first-order valence-electron chi connectivity index (χ1n) is 10.4. The Morgan fingerprint density at radius 3 is 2.16 bits per heavy atom. The number of hydrogen-bond donors (Lipinski definition) is 1. The minimum Gasteiger partial charge on any atom is -0.484 e. The Kier molecular flexibility index (Phi) is 8.70. The average molecular weight is 452 g/mol. The molecule has 0 aliphatic rings. The molecule has 0 spiro atoms. The number of ether oxygens (including phenoxy) is 2. The molecule has 0 saturated heterocycles. The van der Waals surface area contributed by atoms with Crippen LogP contribution < -0.4 is 10.1 Å². The minimum absolute atomic E-state index is 0.0651. The van der Waals surface area contributed by atoms with Crippen molar-refractivity contribution in [2.75, 3.05) is 6.61 Å². The molecule has 0 aromatic heterocycles. The number of amides is 1. The number of rotatable bonds is 10. The highest BCUT2D eigenvalue weighted by atomic mass is 35.5. The number of aryl methyl sites for hydroxylation is 2. The number of carbonyl (C=O) groups excluding carboxylic acids is 2. The molecule has 3 rings (SSSR count). The molecule has 0 fully saturated rings. The molecule has 32 heavy (non-hydrogen) atoms. The van der Waals surface area contributed by atoms with Crippen LogP contribution in [0.4, 0.5) is 0 Å². The van der Waals surface area contributed by atoms with Gasteiger partial charge >= 0.3 is 5.97 Å². The molecular weight excluding hydrogens is 426 g/mol. The summed E-state index contributed by atoms with van der Waals surface area (Å²) in [6.45, 7) is 2.65. The van der Waals surface area contributed by atoms with Gasteiger partial charge in [0.2, 0.25) is 0 Å². The summed E-state index contributed by atoms with van der Waals surface area (Å²) >= 11 is 5.82. The van der Waals surface area contributed by atoms with Crippen molar-refractivity contribution in [1.29, 1.82) is 0 Å². The molecule has 0 unspecified atom stereocenters. The molecule has 0 aliphatic carbocycles.